The molecule has 1 aliphatic rings. The fraction of sp³-hybridized carbons (Fsp3) is 1.00. The van der Waals surface area contributed by atoms with Crippen molar-refractivity contribution in [1.29, 1.82) is 0 Å². The molecule has 0 radical (unpaired) electrons. The van der Waals surface area contributed by atoms with Crippen molar-refractivity contribution in [2.24, 2.45) is 5.92 Å². The molecule has 13 heavy (non-hydrogen) atoms. The Kier molecular flexibility index (Phi) is 5.14. The Balaban J connectivity index is 2.18. The molecule has 78 valence electrons. The molecule has 2 N–H and O–H groups in total. The quantitative estimate of drug-likeness (QED) is 0.731. The molecular weight excluding hydrogens is 184 g/mol. The highest BCUT2D eigenvalue weighted by Gasteiger charge is 2.23. The first-order valence-electron chi connectivity index (χ1n) is 5.14. The van der Waals surface area contributed by atoms with Gasteiger partial charge >= 0.3 is 0 Å². The topological polar surface area (TPSA) is 40.5 Å². The fourth-order valence-electron chi connectivity index (χ4n) is 1.61. The molecule has 0 aliphatic heterocycles. The molecule has 1 saturated carbocycles. The fourth-order valence-corrected chi connectivity index (χ4v) is 2.98. The Bertz CT molecular complexity index is 141. The summed E-state index contributed by atoms with van der Waals surface area (Å²) >= 11 is 1.83. The molecule has 0 spiro atoms. The average molecular weight is 204 g/mol. The zero-order valence-corrected chi connectivity index (χ0v) is 9.09. The van der Waals surface area contributed by atoms with E-state index in [2.05, 4.69) is 0 Å². The van der Waals surface area contributed by atoms with Crippen LogP contribution in [0.15, 0.2) is 0 Å². The van der Waals surface area contributed by atoms with Crippen molar-refractivity contribution in [1.82, 2.24) is 0 Å². The summed E-state index contributed by atoms with van der Waals surface area (Å²) in [6.07, 6.45) is 4.43. The van der Waals surface area contributed by atoms with Crippen LogP contribution < -0.4 is 0 Å². The molecule has 1 rings (SSSR count). The summed E-state index contributed by atoms with van der Waals surface area (Å²) in [5, 5.41) is 18.9. The molecule has 1 fully saturated rings. The Hall–Kier alpha value is 0.270. The summed E-state index contributed by atoms with van der Waals surface area (Å²) in [6, 6.07) is 0. The Morgan fingerprint density at radius 3 is 2.69 bits per heavy atom. The first-order chi connectivity index (χ1) is 6.24. The molecule has 2 nitrogen and oxygen atoms in total. The van der Waals surface area contributed by atoms with Crippen LogP contribution in [0.25, 0.3) is 0 Å². The Morgan fingerprint density at radius 2 is 2.08 bits per heavy atom. The standard InChI is InChI=1S/C10H20O2S/c1-8(6-11)7-13-10-5-3-2-4-9(10)12/h8-12H,2-7H2,1H3/t8?,9-,10-/m1/s1. The van der Waals surface area contributed by atoms with Gasteiger partial charge in [0.25, 0.3) is 0 Å². The first-order valence-corrected chi connectivity index (χ1v) is 6.19. The van der Waals surface area contributed by atoms with Crippen LogP contribution in [-0.4, -0.2) is 33.9 Å². The number of rotatable bonds is 4. The monoisotopic (exact) mass is 204 g/mol. The van der Waals surface area contributed by atoms with E-state index < -0.39 is 0 Å². The minimum atomic E-state index is -0.107. The maximum Gasteiger partial charge on any atom is 0.0658 e. The number of hydrogen-bond donors (Lipinski definition) is 2. The third kappa shape index (κ3) is 3.88. The van der Waals surface area contributed by atoms with Gasteiger partial charge in [-0.2, -0.15) is 11.8 Å². The first kappa shape index (κ1) is 11.3. The lowest BCUT2D eigenvalue weighted by Crippen LogP contribution is -2.27. The van der Waals surface area contributed by atoms with E-state index in [0.717, 1.165) is 18.6 Å². The molecule has 0 aromatic rings. The zero-order valence-electron chi connectivity index (χ0n) is 8.28. The van der Waals surface area contributed by atoms with E-state index >= 15 is 0 Å². The van der Waals surface area contributed by atoms with Crippen LogP contribution in [0.5, 0.6) is 0 Å². The van der Waals surface area contributed by atoms with Gasteiger partial charge in [0.15, 0.2) is 0 Å². The summed E-state index contributed by atoms with van der Waals surface area (Å²) in [4.78, 5) is 0. The van der Waals surface area contributed by atoms with E-state index in [9.17, 15) is 5.11 Å². The lowest BCUT2D eigenvalue weighted by Gasteiger charge is -2.27. The van der Waals surface area contributed by atoms with Crippen molar-refractivity contribution in [2.45, 2.75) is 44.0 Å². The van der Waals surface area contributed by atoms with E-state index in [1.807, 2.05) is 18.7 Å². The predicted molar refractivity (Wildman–Crippen MR) is 57.0 cm³/mol. The summed E-state index contributed by atoms with van der Waals surface area (Å²) in [7, 11) is 0. The molecule has 0 bridgehead atoms. The van der Waals surface area contributed by atoms with Crippen LogP contribution >= 0.6 is 11.8 Å². The van der Waals surface area contributed by atoms with Gasteiger partial charge in [0.1, 0.15) is 0 Å². The van der Waals surface area contributed by atoms with Gasteiger partial charge in [0.2, 0.25) is 0 Å². The number of aliphatic hydroxyl groups excluding tert-OH is 2. The lowest BCUT2D eigenvalue weighted by molar-refractivity contribution is 0.136. The summed E-state index contributed by atoms with van der Waals surface area (Å²) < 4.78 is 0. The highest BCUT2D eigenvalue weighted by atomic mass is 32.2. The summed E-state index contributed by atoms with van der Waals surface area (Å²) in [5.74, 6) is 1.33. The zero-order chi connectivity index (χ0) is 9.68. The average Bonchev–Trinajstić information content (AvgIpc) is 2.16. The molecule has 0 saturated heterocycles. The van der Waals surface area contributed by atoms with E-state index in [0.29, 0.717) is 11.2 Å². The minimum absolute atomic E-state index is 0.107. The molecule has 1 unspecified atom stereocenters. The van der Waals surface area contributed by atoms with Crippen LogP contribution in [0.2, 0.25) is 0 Å². The molecule has 3 atom stereocenters. The maximum atomic E-state index is 9.67. The SMILES string of the molecule is CC(CO)CS[C@@H]1CCCC[C@H]1O. The molecule has 0 aromatic carbocycles. The van der Waals surface area contributed by atoms with Crippen molar-refractivity contribution in [3.63, 3.8) is 0 Å². The van der Waals surface area contributed by atoms with Gasteiger partial charge in [-0.25, -0.2) is 0 Å². The predicted octanol–water partition coefficient (Wildman–Crippen LogP) is 1.65. The van der Waals surface area contributed by atoms with Crippen LogP contribution in [0, 0.1) is 5.92 Å². The van der Waals surface area contributed by atoms with Crippen molar-refractivity contribution >= 4 is 11.8 Å². The molecule has 0 amide bonds. The van der Waals surface area contributed by atoms with E-state index in [-0.39, 0.29) is 12.7 Å². The lowest BCUT2D eigenvalue weighted by atomic mass is 9.97. The molecule has 1 aliphatic carbocycles. The van der Waals surface area contributed by atoms with E-state index in [1.54, 1.807) is 0 Å². The maximum absolute atomic E-state index is 9.67. The van der Waals surface area contributed by atoms with Crippen molar-refractivity contribution in [3.8, 4) is 0 Å². The van der Waals surface area contributed by atoms with Gasteiger partial charge < -0.3 is 10.2 Å². The van der Waals surface area contributed by atoms with Crippen LogP contribution in [-0.2, 0) is 0 Å². The smallest absolute Gasteiger partial charge is 0.0658 e. The van der Waals surface area contributed by atoms with Gasteiger partial charge in [-0.15, -0.1) is 0 Å². The second-order valence-corrected chi connectivity index (χ2v) is 5.28. The van der Waals surface area contributed by atoms with Gasteiger partial charge in [0, 0.05) is 11.9 Å². The van der Waals surface area contributed by atoms with Crippen LogP contribution in [0.4, 0.5) is 0 Å². The van der Waals surface area contributed by atoms with Crippen molar-refractivity contribution in [3.05, 3.63) is 0 Å². The second kappa shape index (κ2) is 5.89. The number of aliphatic hydroxyl groups is 2. The number of thioether (sulfide) groups is 1. The van der Waals surface area contributed by atoms with E-state index in [1.165, 1.54) is 12.8 Å². The molecule has 0 heterocycles. The van der Waals surface area contributed by atoms with Crippen LogP contribution in [0.1, 0.15) is 32.6 Å². The Morgan fingerprint density at radius 1 is 1.38 bits per heavy atom. The molecular formula is C10H20O2S. The third-order valence-corrected chi connectivity index (χ3v) is 4.31. The van der Waals surface area contributed by atoms with Crippen LogP contribution in [0.3, 0.4) is 0 Å². The van der Waals surface area contributed by atoms with Crippen molar-refractivity contribution in [2.75, 3.05) is 12.4 Å². The summed E-state index contributed by atoms with van der Waals surface area (Å²) in [6.45, 7) is 2.30. The summed E-state index contributed by atoms with van der Waals surface area (Å²) in [5.41, 5.74) is 0. The third-order valence-electron chi connectivity index (χ3n) is 2.57. The highest BCUT2D eigenvalue weighted by Crippen LogP contribution is 2.29. The van der Waals surface area contributed by atoms with Gasteiger partial charge in [-0.1, -0.05) is 19.8 Å². The number of hydrogen-bond acceptors (Lipinski definition) is 3. The highest BCUT2D eigenvalue weighted by molar-refractivity contribution is 7.99. The molecule has 3 heteroatoms. The largest absolute Gasteiger partial charge is 0.396 e. The van der Waals surface area contributed by atoms with E-state index in [4.69, 9.17) is 5.11 Å². The van der Waals surface area contributed by atoms with Gasteiger partial charge in [-0.3, -0.25) is 0 Å². The van der Waals surface area contributed by atoms with Gasteiger partial charge in [-0.05, 0) is 24.5 Å². The van der Waals surface area contributed by atoms with Crippen molar-refractivity contribution < 1.29 is 10.2 Å². The second-order valence-electron chi connectivity index (χ2n) is 4.01. The normalized spacial score (nSPS) is 31.6. The Labute approximate surface area is 84.7 Å². The molecule has 0 aromatic heterocycles. The van der Waals surface area contributed by atoms with Gasteiger partial charge in [0.05, 0.1) is 6.10 Å². The minimum Gasteiger partial charge on any atom is -0.396 e.